The van der Waals surface area contributed by atoms with Gasteiger partial charge >= 0.3 is 0 Å². The highest BCUT2D eigenvalue weighted by Gasteiger charge is 2.15. The molecule has 0 aliphatic heterocycles. The summed E-state index contributed by atoms with van der Waals surface area (Å²) in [6, 6.07) is 24.4. The van der Waals surface area contributed by atoms with Crippen LogP contribution in [0.3, 0.4) is 0 Å². The number of fused-ring (bicyclic) bond motifs is 1. The van der Waals surface area contributed by atoms with E-state index in [1.165, 1.54) is 12.1 Å². The predicted molar refractivity (Wildman–Crippen MR) is 154 cm³/mol. The smallest absolute Gasteiger partial charge is 0.255 e. The zero-order valence-electron chi connectivity index (χ0n) is 21.9. The molecule has 0 saturated carbocycles. The monoisotopic (exact) mass is 535 g/mol. The van der Waals surface area contributed by atoms with Crippen molar-refractivity contribution in [3.05, 3.63) is 108 Å². The van der Waals surface area contributed by atoms with Crippen molar-refractivity contribution < 1.29 is 18.7 Å². The van der Waals surface area contributed by atoms with Gasteiger partial charge in [0.25, 0.3) is 5.91 Å². The van der Waals surface area contributed by atoms with Crippen LogP contribution in [0, 0.1) is 17.1 Å². The van der Waals surface area contributed by atoms with Gasteiger partial charge in [-0.1, -0.05) is 12.1 Å². The highest BCUT2D eigenvalue weighted by atomic mass is 19.1. The van der Waals surface area contributed by atoms with E-state index < -0.39 is 5.82 Å². The van der Waals surface area contributed by atoms with E-state index in [1.54, 1.807) is 61.4 Å². The molecule has 8 nitrogen and oxygen atoms in total. The van der Waals surface area contributed by atoms with Crippen molar-refractivity contribution in [1.29, 1.82) is 5.26 Å². The van der Waals surface area contributed by atoms with Gasteiger partial charge in [0.2, 0.25) is 0 Å². The van der Waals surface area contributed by atoms with Crippen LogP contribution in [-0.4, -0.2) is 24.7 Å². The molecule has 0 spiro atoms. The Morgan fingerprint density at radius 3 is 2.48 bits per heavy atom. The van der Waals surface area contributed by atoms with Crippen LogP contribution in [0.2, 0.25) is 0 Å². The van der Waals surface area contributed by atoms with E-state index in [2.05, 4.69) is 16.7 Å². The van der Waals surface area contributed by atoms with E-state index >= 15 is 0 Å². The molecule has 9 heteroatoms. The van der Waals surface area contributed by atoms with Gasteiger partial charge in [-0.15, -0.1) is 0 Å². The van der Waals surface area contributed by atoms with Crippen molar-refractivity contribution >= 4 is 33.9 Å². The van der Waals surface area contributed by atoms with Gasteiger partial charge < -0.3 is 30.4 Å². The summed E-state index contributed by atoms with van der Waals surface area (Å²) < 4.78 is 27.2. The minimum absolute atomic E-state index is 0.105. The molecule has 0 unspecified atom stereocenters. The molecule has 1 amide bonds. The fraction of sp³-hybridized carbons (Fsp3) is 0.0968. The van der Waals surface area contributed by atoms with Gasteiger partial charge in [0, 0.05) is 41.5 Å². The predicted octanol–water partition coefficient (Wildman–Crippen LogP) is 6.11. The number of nitrogen functional groups attached to an aromatic ring is 1. The molecule has 1 aromatic heterocycles. The second kappa shape index (κ2) is 11.1. The number of rotatable bonds is 8. The molecule has 1 heterocycles. The number of methoxy groups -OCH3 is 2. The third-order valence-electron chi connectivity index (χ3n) is 6.54. The SMILES string of the molecule is COc1ccc(NCc2ccc(C(=O)Nc3cc(-n4ccc5cc(C#N)ccc54)c(F)cc3N)cc2)cc1OC. The van der Waals surface area contributed by atoms with E-state index in [-0.39, 0.29) is 23.0 Å². The second-order valence-corrected chi connectivity index (χ2v) is 9.04. The number of hydrogen-bond donors (Lipinski definition) is 3. The van der Waals surface area contributed by atoms with Gasteiger partial charge in [0.05, 0.1) is 48.4 Å². The van der Waals surface area contributed by atoms with Crippen molar-refractivity contribution in [3.8, 4) is 23.3 Å². The Morgan fingerprint density at radius 1 is 0.975 bits per heavy atom. The highest BCUT2D eigenvalue weighted by molar-refractivity contribution is 6.06. The fourth-order valence-corrected chi connectivity index (χ4v) is 4.41. The van der Waals surface area contributed by atoms with Gasteiger partial charge in [-0.3, -0.25) is 4.79 Å². The van der Waals surface area contributed by atoms with E-state index in [9.17, 15) is 9.18 Å². The highest BCUT2D eigenvalue weighted by Crippen LogP contribution is 2.31. The summed E-state index contributed by atoms with van der Waals surface area (Å²) in [5.74, 6) is 0.359. The summed E-state index contributed by atoms with van der Waals surface area (Å²) in [5.41, 5.74) is 10.2. The lowest BCUT2D eigenvalue weighted by Crippen LogP contribution is -2.14. The first-order valence-electron chi connectivity index (χ1n) is 12.4. The number of benzene rings is 4. The third-order valence-corrected chi connectivity index (χ3v) is 6.54. The number of ether oxygens (including phenoxy) is 2. The Kier molecular flexibility index (Phi) is 7.25. The lowest BCUT2D eigenvalue weighted by Gasteiger charge is -2.14. The molecule has 4 aromatic carbocycles. The average Bonchev–Trinajstić information content (AvgIpc) is 3.40. The molecule has 0 atom stereocenters. The normalized spacial score (nSPS) is 10.7. The maximum absolute atomic E-state index is 15.0. The molecule has 4 N–H and O–H groups in total. The van der Waals surface area contributed by atoms with E-state index in [4.69, 9.17) is 20.5 Å². The first kappa shape index (κ1) is 26.1. The second-order valence-electron chi connectivity index (χ2n) is 9.04. The van der Waals surface area contributed by atoms with Crippen LogP contribution in [0.1, 0.15) is 21.5 Å². The third kappa shape index (κ3) is 5.24. The number of nitrogens with one attached hydrogen (secondary N) is 2. The van der Waals surface area contributed by atoms with Crippen LogP contribution < -0.4 is 25.8 Å². The van der Waals surface area contributed by atoms with Crippen LogP contribution in [0.25, 0.3) is 16.6 Å². The van der Waals surface area contributed by atoms with Crippen molar-refractivity contribution in [1.82, 2.24) is 4.57 Å². The number of nitriles is 1. The van der Waals surface area contributed by atoms with Gasteiger partial charge in [0.1, 0.15) is 5.82 Å². The Labute approximate surface area is 230 Å². The van der Waals surface area contributed by atoms with Gasteiger partial charge in [-0.2, -0.15) is 5.26 Å². The Morgan fingerprint density at radius 2 is 1.75 bits per heavy atom. The van der Waals surface area contributed by atoms with E-state index in [1.807, 2.05) is 30.3 Å². The Balaban J connectivity index is 1.30. The molecular weight excluding hydrogens is 509 g/mol. The molecule has 40 heavy (non-hydrogen) atoms. The van der Waals surface area contributed by atoms with Crippen LogP contribution in [0.15, 0.2) is 85.1 Å². The first-order valence-corrected chi connectivity index (χ1v) is 12.4. The summed E-state index contributed by atoms with van der Waals surface area (Å²) in [6.07, 6.45) is 1.71. The molecule has 0 saturated heterocycles. The first-order chi connectivity index (χ1) is 19.4. The zero-order chi connectivity index (χ0) is 28.2. The maximum Gasteiger partial charge on any atom is 0.255 e. The number of aromatic nitrogens is 1. The van der Waals surface area contributed by atoms with Crippen LogP contribution in [0.5, 0.6) is 11.5 Å². The topological polar surface area (TPSA) is 114 Å². The number of amides is 1. The van der Waals surface area contributed by atoms with Gasteiger partial charge in [0.15, 0.2) is 11.5 Å². The molecule has 200 valence electrons. The standard InChI is InChI=1S/C31H26FN5O3/c1-39-29-10-8-23(14-30(29)40-2)35-18-19-3-6-21(7-4-19)31(38)36-26-16-28(24(32)15-25(26)34)37-12-11-22-13-20(17-33)5-9-27(22)37/h3-16,35H,18,34H2,1-2H3,(H,36,38). The quantitative estimate of drug-likeness (QED) is 0.207. The molecule has 0 fully saturated rings. The number of nitrogens with two attached hydrogens (primary N) is 1. The molecule has 0 aliphatic carbocycles. The minimum Gasteiger partial charge on any atom is -0.493 e. The van der Waals surface area contributed by atoms with E-state index in [0.717, 1.165) is 22.2 Å². The summed E-state index contributed by atoms with van der Waals surface area (Å²) >= 11 is 0. The molecule has 0 aliphatic rings. The number of halogens is 1. The lowest BCUT2D eigenvalue weighted by atomic mass is 10.1. The van der Waals surface area contributed by atoms with Gasteiger partial charge in [-0.25, -0.2) is 4.39 Å². The summed E-state index contributed by atoms with van der Waals surface area (Å²) in [7, 11) is 3.17. The fourth-order valence-electron chi connectivity index (χ4n) is 4.41. The molecule has 5 aromatic rings. The number of hydrogen-bond acceptors (Lipinski definition) is 6. The van der Waals surface area contributed by atoms with Crippen LogP contribution >= 0.6 is 0 Å². The number of nitrogens with zero attached hydrogens (tertiary/aromatic N) is 2. The van der Waals surface area contributed by atoms with Crippen molar-refractivity contribution in [3.63, 3.8) is 0 Å². The lowest BCUT2D eigenvalue weighted by molar-refractivity contribution is 0.102. The molecule has 0 radical (unpaired) electrons. The largest absolute Gasteiger partial charge is 0.493 e. The van der Waals surface area contributed by atoms with Crippen molar-refractivity contribution in [2.45, 2.75) is 6.54 Å². The maximum atomic E-state index is 15.0. The van der Waals surface area contributed by atoms with Gasteiger partial charge in [-0.05, 0) is 60.2 Å². The number of carbonyl (C=O) groups excluding carboxylic acids is 1. The molecular formula is C31H26FN5O3. The number of anilines is 3. The van der Waals surface area contributed by atoms with E-state index in [0.29, 0.717) is 29.2 Å². The Hall–Kier alpha value is -5.49. The number of carbonyl (C=O) groups is 1. The summed E-state index contributed by atoms with van der Waals surface area (Å²) in [5, 5.41) is 16.1. The molecule has 0 bridgehead atoms. The summed E-state index contributed by atoms with van der Waals surface area (Å²) in [6.45, 7) is 0.534. The van der Waals surface area contributed by atoms with Crippen molar-refractivity contribution in [2.75, 3.05) is 30.6 Å². The van der Waals surface area contributed by atoms with Crippen molar-refractivity contribution in [2.24, 2.45) is 0 Å². The Bertz CT molecular complexity index is 1760. The summed E-state index contributed by atoms with van der Waals surface area (Å²) in [4.78, 5) is 13.0. The van der Waals surface area contributed by atoms with Crippen LogP contribution in [0.4, 0.5) is 21.5 Å². The van der Waals surface area contributed by atoms with Crippen LogP contribution in [-0.2, 0) is 6.54 Å². The molecule has 5 rings (SSSR count). The minimum atomic E-state index is -0.538. The average molecular weight is 536 g/mol. The zero-order valence-corrected chi connectivity index (χ0v) is 21.9.